The van der Waals surface area contributed by atoms with E-state index < -0.39 is 41.4 Å². The number of amides is 2. The summed E-state index contributed by atoms with van der Waals surface area (Å²) in [5.41, 5.74) is 3.97. The maximum absolute atomic E-state index is 12.9. The van der Waals surface area contributed by atoms with Gasteiger partial charge in [-0.25, -0.2) is 4.79 Å². The van der Waals surface area contributed by atoms with E-state index in [2.05, 4.69) is 15.5 Å². The minimum Gasteiger partial charge on any atom is -0.385 e. The normalized spacial score (nSPS) is 11.4. The zero-order valence-corrected chi connectivity index (χ0v) is 20.7. The number of aromatic amines is 1. The van der Waals surface area contributed by atoms with E-state index in [-0.39, 0.29) is 30.3 Å². The number of oxime groups is 1. The van der Waals surface area contributed by atoms with Crippen LogP contribution in [0.2, 0.25) is 0 Å². The summed E-state index contributed by atoms with van der Waals surface area (Å²) in [6, 6.07) is 12.9. The monoisotopic (exact) mass is 546 g/mol. The molecule has 11 nitrogen and oxygen atoms in total. The predicted molar refractivity (Wildman–Crippen MR) is 138 cm³/mol. The summed E-state index contributed by atoms with van der Waals surface area (Å²) in [6.45, 7) is 1.15. The highest BCUT2D eigenvalue weighted by Gasteiger charge is 2.30. The number of rotatable bonds is 10. The van der Waals surface area contributed by atoms with Gasteiger partial charge in [-0.2, -0.15) is 13.2 Å². The van der Waals surface area contributed by atoms with Crippen molar-refractivity contribution < 1.29 is 27.6 Å². The van der Waals surface area contributed by atoms with Crippen molar-refractivity contribution in [2.45, 2.75) is 26.1 Å². The molecule has 0 saturated heterocycles. The Balaban J connectivity index is 1.70. The Morgan fingerprint density at radius 2 is 1.87 bits per heavy atom. The number of carbonyl (C=O) groups excluding carboxylic acids is 2. The van der Waals surface area contributed by atoms with Gasteiger partial charge in [0.05, 0.1) is 12.1 Å². The van der Waals surface area contributed by atoms with Gasteiger partial charge in [0.1, 0.15) is 12.0 Å². The molecule has 3 aromatic rings. The zero-order chi connectivity index (χ0) is 28.6. The number of nitrogen functional groups attached to an aromatic ring is 1. The number of alkyl halides is 3. The second-order valence-corrected chi connectivity index (χ2v) is 8.19. The van der Waals surface area contributed by atoms with Gasteiger partial charge < -0.3 is 20.8 Å². The van der Waals surface area contributed by atoms with Gasteiger partial charge >= 0.3 is 11.9 Å². The van der Waals surface area contributed by atoms with Gasteiger partial charge in [0.2, 0.25) is 0 Å². The van der Waals surface area contributed by atoms with Crippen LogP contribution in [0, 0.1) is 0 Å². The van der Waals surface area contributed by atoms with E-state index in [1.54, 1.807) is 37.3 Å². The molecule has 0 fully saturated rings. The molecule has 0 spiro atoms. The summed E-state index contributed by atoms with van der Waals surface area (Å²) < 4.78 is 39.6. The van der Waals surface area contributed by atoms with Crippen molar-refractivity contribution in [3.05, 3.63) is 86.6 Å². The molecule has 0 unspecified atom stereocenters. The highest BCUT2D eigenvalue weighted by atomic mass is 19.4. The van der Waals surface area contributed by atoms with Crippen LogP contribution in [0.4, 0.5) is 30.4 Å². The molecule has 2 aromatic carbocycles. The highest BCUT2D eigenvalue weighted by Crippen LogP contribution is 2.30. The molecule has 0 radical (unpaired) electrons. The van der Waals surface area contributed by atoms with Crippen LogP contribution in [0.1, 0.15) is 24.5 Å². The lowest BCUT2D eigenvalue weighted by Crippen LogP contribution is -2.42. The SMILES string of the molecule is CCCN(C(=O)CO/N=C\C(=O)Nc1cccc(C(F)(F)F)c1)c1c(N)n(Cc2ccccc2)c(=O)[nH]c1=O. The third kappa shape index (κ3) is 7.56. The third-order valence-electron chi connectivity index (χ3n) is 5.31. The van der Waals surface area contributed by atoms with E-state index in [0.29, 0.717) is 12.6 Å². The lowest BCUT2D eigenvalue weighted by atomic mass is 10.2. The minimum atomic E-state index is -4.58. The first-order valence-corrected chi connectivity index (χ1v) is 11.6. The fraction of sp³-hybridized carbons (Fsp3) is 0.240. The van der Waals surface area contributed by atoms with Gasteiger partial charge in [-0.3, -0.25) is 23.9 Å². The van der Waals surface area contributed by atoms with Gasteiger partial charge in [0.15, 0.2) is 12.3 Å². The molecule has 39 heavy (non-hydrogen) atoms. The number of carbonyl (C=O) groups is 2. The fourth-order valence-electron chi connectivity index (χ4n) is 3.55. The molecule has 1 aromatic heterocycles. The van der Waals surface area contributed by atoms with E-state index in [9.17, 15) is 32.3 Å². The smallest absolute Gasteiger partial charge is 0.385 e. The van der Waals surface area contributed by atoms with Crippen molar-refractivity contribution in [3.63, 3.8) is 0 Å². The molecule has 0 atom stereocenters. The van der Waals surface area contributed by atoms with Crippen molar-refractivity contribution >= 4 is 35.2 Å². The number of nitrogens with zero attached hydrogens (tertiary/aromatic N) is 3. The largest absolute Gasteiger partial charge is 0.416 e. The maximum atomic E-state index is 12.9. The van der Waals surface area contributed by atoms with Gasteiger partial charge in [0, 0.05) is 12.2 Å². The Morgan fingerprint density at radius 3 is 2.54 bits per heavy atom. The number of aromatic nitrogens is 2. The second kappa shape index (κ2) is 12.6. The van der Waals surface area contributed by atoms with Gasteiger partial charge in [-0.15, -0.1) is 0 Å². The minimum absolute atomic E-state index is 0.0469. The van der Waals surface area contributed by atoms with Crippen LogP contribution >= 0.6 is 0 Å². The molecule has 206 valence electrons. The molecule has 2 amide bonds. The first-order valence-electron chi connectivity index (χ1n) is 11.6. The van der Waals surface area contributed by atoms with Crippen LogP contribution in [0.5, 0.6) is 0 Å². The first-order chi connectivity index (χ1) is 18.5. The molecule has 3 rings (SSSR count). The predicted octanol–water partition coefficient (Wildman–Crippen LogP) is 2.57. The number of anilines is 3. The molecule has 0 aliphatic heterocycles. The number of nitrogens with two attached hydrogens (primary N) is 1. The summed E-state index contributed by atoms with van der Waals surface area (Å²) >= 11 is 0. The molecule has 14 heteroatoms. The summed E-state index contributed by atoms with van der Waals surface area (Å²) in [7, 11) is 0. The van der Waals surface area contributed by atoms with Crippen molar-refractivity contribution in [2.75, 3.05) is 29.1 Å². The van der Waals surface area contributed by atoms with Crippen LogP contribution in [0.3, 0.4) is 0 Å². The van der Waals surface area contributed by atoms with Gasteiger partial charge in [0.25, 0.3) is 17.4 Å². The summed E-state index contributed by atoms with van der Waals surface area (Å²) in [5.74, 6) is -1.87. The van der Waals surface area contributed by atoms with Crippen LogP contribution < -0.4 is 27.2 Å². The van der Waals surface area contributed by atoms with Crippen molar-refractivity contribution in [1.82, 2.24) is 9.55 Å². The Hall–Kier alpha value is -4.88. The standard InChI is InChI=1S/C25H25F3N6O5/c1-2-11-33(21-22(29)34(24(38)32-23(21)37)14-16-7-4-3-5-8-16)20(36)15-39-30-13-19(35)31-18-10-6-9-17(12-18)25(26,27)28/h3-10,12-13H,2,11,14-15,29H2,1H3,(H,31,35)(H,32,37,38)/b30-13-. The van der Waals surface area contributed by atoms with E-state index in [4.69, 9.17) is 10.6 Å². The molecule has 4 N–H and O–H groups in total. The van der Waals surface area contributed by atoms with E-state index >= 15 is 0 Å². The van der Waals surface area contributed by atoms with E-state index in [1.165, 1.54) is 6.07 Å². The summed E-state index contributed by atoms with van der Waals surface area (Å²) in [5, 5.41) is 5.57. The average molecular weight is 547 g/mol. The summed E-state index contributed by atoms with van der Waals surface area (Å²) in [4.78, 5) is 58.0. The summed E-state index contributed by atoms with van der Waals surface area (Å²) in [6.07, 6.45) is -3.52. The Kier molecular flexibility index (Phi) is 9.25. The van der Waals surface area contributed by atoms with Gasteiger partial charge in [-0.1, -0.05) is 48.5 Å². The number of hydrogen-bond acceptors (Lipinski definition) is 7. The number of H-pyrrole nitrogens is 1. The van der Waals surface area contributed by atoms with Gasteiger partial charge in [-0.05, 0) is 30.2 Å². The quantitative estimate of drug-likeness (QED) is 0.263. The first kappa shape index (κ1) is 28.7. The number of benzene rings is 2. The van der Waals surface area contributed by atoms with Crippen molar-refractivity contribution in [1.29, 1.82) is 0 Å². The molecule has 0 aliphatic carbocycles. The third-order valence-corrected chi connectivity index (χ3v) is 5.31. The average Bonchev–Trinajstić information content (AvgIpc) is 2.88. The lowest BCUT2D eigenvalue weighted by Gasteiger charge is -2.23. The van der Waals surface area contributed by atoms with Crippen LogP contribution in [-0.2, 0) is 27.1 Å². The lowest BCUT2D eigenvalue weighted by molar-refractivity contribution is -0.137. The van der Waals surface area contributed by atoms with E-state index in [0.717, 1.165) is 33.2 Å². The zero-order valence-electron chi connectivity index (χ0n) is 20.7. The number of hydrogen-bond donors (Lipinski definition) is 3. The molecular weight excluding hydrogens is 521 g/mol. The molecule has 0 bridgehead atoms. The highest BCUT2D eigenvalue weighted by molar-refractivity contribution is 6.31. The van der Waals surface area contributed by atoms with Crippen molar-refractivity contribution in [3.8, 4) is 0 Å². The van der Waals surface area contributed by atoms with Crippen LogP contribution in [0.25, 0.3) is 0 Å². The molecular formula is C25H25F3N6O5. The van der Waals surface area contributed by atoms with Crippen LogP contribution in [0.15, 0.2) is 69.3 Å². The number of halogens is 3. The molecule has 0 aliphatic rings. The Bertz CT molecular complexity index is 1470. The number of nitrogens with one attached hydrogen (secondary N) is 2. The van der Waals surface area contributed by atoms with E-state index in [1.807, 2.05) is 0 Å². The van der Waals surface area contributed by atoms with Crippen LogP contribution in [-0.4, -0.2) is 40.7 Å². The maximum Gasteiger partial charge on any atom is 0.416 e. The van der Waals surface area contributed by atoms with Crippen molar-refractivity contribution in [2.24, 2.45) is 5.16 Å². The Morgan fingerprint density at radius 1 is 1.15 bits per heavy atom. The molecule has 0 saturated carbocycles. The molecule has 1 heterocycles. The topological polar surface area (TPSA) is 152 Å². The fourth-order valence-corrected chi connectivity index (χ4v) is 3.55. The second-order valence-electron chi connectivity index (χ2n) is 8.19. The Labute approximate surface area is 219 Å².